The van der Waals surface area contributed by atoms with Crippen LogP contribution in [0.1, 0.15) is 175 Å². The highest BCUT2D eigenvalue weighted by Gasteiger charge is 2.30. The van der Waals surface area contributed by atoms with Crippen LogP contribution in [0.3, 0.4) is 0 Å². The molecule has 0 bridgehead atoms. The molecule has 2 unspecified atom stereocenters. The molecule has 0 aromatic rings. The zero-order valence-corrected chi connectivity index (χ0v) is 38.0. The SMILES string of the molecule is CCCCCCCCCC(=O)OC[C@H](COP(=O)(O)OC[C@@H](O)COP(=O)(O)OC[C@@H](COC(=O)CCCCC)OC(=O)CCCCCC)OC(=O)CCCCCCC. The molecule has 19 heteroatoms. The van der Waals surface area contributed by atoms with Crippen molar-refractivity contribution in [3.63, 3.8) is 0 Å². The molecule has 0 aliphatic rings. The predicted octanol–water partition coefficient (Wildman–Crippen LogP) is 8.58. The molecule has 3 N–H and O–H groups in total. The summed E-state index contributed by atoms with van der Waals surface area (Å²) in [5.74, 6) is -2.23. The van der Waals surface area contributed by atoms with Gasteiger partial charge in [-0.25, -0.2) is 9.13 Å². The molecule has 0 heterocycles. The van der Waals surface area contributed by atoms with Crippen LogP contribution in [-0.4, -0.2) is 96.7 Å². The standard InChI is InChI=1S/C40H76O17P2/c1-5-9-13-16-17-19-22-25-38(43)51-31-36(57-40(45)27-23-18-14-10-6-2)33-55-59(48,49)53-29-34(41)28-52-58(46,47)54-32-35(30-50-37(42)24-20-12-8-4)56-39(44)26-21-15-11-7-3/h34-36,41H,5-33H2,1-4H3,(H,46,47)(H,48,49)/t34-,35+,36+/m0/s1. The number of aliphatic hydroxyl groups is 1. The van der Waals surface area contributed by atoms with Gasteiger partial charge in [-0.15, -0.1) is 0 Å². The number of ether oxygens (including phenoxy) is 4. The number of hydrogen-bond acceptors (Lipinski definition) is 15. The maximum atomic E-state index is 12.6. The van der Waals surface area contributed by atoms with Crippen molar-refractivity contribution in [3.8, 4) is 0 Å². The molecule has 0 saturated carbocycles. The molecule has 0 radical (unpaired) electrons. The molecule has 0 spiro atoms. The molecular weight excluding hydrogens is 814 g/mol. The van der Waals surface area contributed by atoms with Gasteiger partial charge in [0.05, 0.1) is 26.4 Å². The summed E-state index contributed by atoms with van der Waals surface area (Å²) < 4.78 is 66.0. The van der Waals surface area contributed by atoms with Gasteiger partial charge in [0.2, 0.25) is 0 Å². The fourth-order valence-corrected chi connectivity index (χ4v) is 6.97. The molecular formula is C40H76O17P2. The van der Waals surface area contributed by atoms with Crippen LogP contribution in [-0.2, 0) is 65.4 Å². The minimum atomic E-state index is -4.90. The van der Waals surface area contributed by atoms with Gasteiger partial charge in [-0.3, -0.25) is 37.3 Å². The monoisotopic (exact) mass is 890 g/mol. The van der Waals surface area contributed by atoms with E-state index in [1.807, 2.05) is 13.8 Å². The Morgan fingerprint density at radius 3 is 1.05 bits per heavy atom. The van der Waals surface area contributed by atoms with Crippen molar-refractivity contribution in [3.05, 3.63) is 0 Å². The lowest BCUT2D eigenvalue weighted by Crippen LogP contribution is -2.30. The molecule has 5 atom stereocenters. The number of hydrogen-bond donors (Lipinski definition) is 3. The lowest BCUT2D eigenvalue weighted by molar-refractivity contribution is -0.161. The largest absolute Gasteiger partial charge is 0.472 e. The highest BCUT2D eigenvalue weighted by molar-refractivity contribution is 7.47. The highest BCUT2D eigenvalue weighted by Crippen LogP contribution is 2.45. The van der Waals surface area contributed by atoms with Gasteiger partial charge in [-0.05, 0) is 25.7 Å². The lowest BCUT2D eigenvalue weighted by Gasteiger charge is -2.21. The normalized spacial score (nSPS) is 15.0. The molecule has 0 aliphatic heterocycles. The third-order valence-electron chi connectivity index (χ3n) is 8.85. The van der Waals surface area contributed by atoms with Crippen LogP contribution >= 0.6 is 15.6 Å². The van der Waals surface area contributed by atoms with E-state index in [-0.39, 0.29) is 25.7 Å². The fourth-order valence-electron chi connectivity index (χ4n) is 5.39. The number of esters is 4. The smallest absolute Gasteiger partial charge is 0.462 e. The van der Waals surface area contributed by atoms with E-state index in [0.717, 1.165) is 89.9 Å². The van der Waals surface area contributed by atoms with Crippen LogP contribution < -0.4 is 0 Å². The van der Waals surface area contributed by atoms with Crippen LogP contribution in [0.2, 0.25) is 0 Å². The van der Waals surface area contributed by atoms with Gasteiger partial charge in [0.15, 0.2) is 12.2 Å². The second-order valence-corrected chi connectivity index (χ2v) is 17.6. The van der Waals surface area contributed by atoms with Gasteiger partial charge in [-0.2, -0.15) is 0 Å². The Morgan fingerprint density at radius 1 is 0.407 bits per heavy atom. The molecule has 0 aromatic heterocycles. The second kappa shape index (κ2) is 36.7. The van der Waals surface area contributed by atoms with E-state index in [1.54, 1.807) is 0 Å². The van der Waals surface area contributed by atoms with Crippen LogP contribution in [0, 0.1) is 0 Å². The van der Waals surface area contributed by atoms with Crippen molar-refractivity contribution in [2.24, 2.45) is 0 Å². The van der Waals surface area contributed by atoms with Gasteiger partial charge < -0.3 is 33.8 Å². The summed E-state index contributed by atoms with van der Waals surface area (Å²) in [6.45, 7) is 4.24. The Kier molecular flexibility index (Phi) is 35.5. The van der Waals surface area contributed by atoms with E-state index in [4.69, 9.17) is 37.0 Å². The summed E-state index contributed by atoms with van der Waals surface area (Å²) in [5.41, 5.74) is 0. The topological polar surface area (TPSA) is 237 Å². The number of carbonyl (C=O) groups is 4. The first-order chi connectivity index (χ1) is 28.2. The summed E-state index contributed by atoms with van der Waals surface area (Å²) >= 11 is 0. The van der Waals surface area contributed by atoms with Crippen molar-refractivity contribution in [2.45, 2.75) is 194 Å². The number of phosphoric acid groups is 2. The molecule has 17 nitrogen and oxygen atoms in total. The van der Waals surface area contributed by atoms with Gasteiger partial charge in [0, 0.05) is 25.7 Å². The Hall–Kier alpha value is -1.94. The molecule has 0 amide bonds. The minimum Gasteiger partial charge on any atom is -0.462 e. The first-order valence-electron chi connectivity index (χ1n) is 21.8. The van der Waals surface area contributed by atoms with Crippen molar-refractivity contribution in [2.75, 3.05) is 39.6 Å². The number of aliphatic hydroxyl groups excluding tert-OH is 1. The molecule has 0 fully saturated rings. The van der Waals surface area contributed by atoms with Crippen LogP contribution in [0.5, 0.6) is 0 Å². The fraction of sp³-hybridized carbons (Fsp3) is 0.900. The molecule has 59 heavy (non-hydrogen) atoms. The van der Waals surface area contributed by atoms with E-state index < -0.39 is 97.5 Å². The zero-order chi connectivity index (χ0) is 44.2. The molecule has 0 aromatic carbocycles. The average Bonchev–Trinajstić information content (AvgIpc) is 3.19. The predicted molar refractivity (Wildman–Crippen MR) is 220 cm³/mol. The summed E-state index contributed by atoms with van der Waals surface area (Å²) in [6.07, 6.45) is 13.5. The third kappa shape index (κ3) is 36.4. The van der Waals surface area contributed by atoms with Crippen molar-refractivity contribution < 1.29 is 80.2 Å². The summed E-state index contributed by atoms with van der Waals surface area (Å²) in [7, 11) is -9.79. The van der Waals surface area contributed by atoms with Crippen LogP contribution in [0.25, 0.3) is 0 Å². The van der Waals surface area contributed by atoms with Gasteiger partial charge in [0.25, 0.3) is 0 Å². The van der Waals surface area contributed by atoms with Crippen molar-refractivity contribution >= 4 is 39.5 Å². The van der Waals surface area contributed by atoms with Gasteiger partial charge >= 0.3 is 39.5 Å². The number of phosphoric ester groups is 2. The van der Waals surface area contributed by atoms with Gasteiger partial charge in [0.1, 0.15) is 19.3 Å². The van der Waals surface area contributed by atoms with E-state index in [1.165, 1.54) is 6.42 Å². The summed E-state index contributed by atoms with van der Waals surface area (Å²) in [5, 5.41) is 10.3. The maximum absolute atomic E-state index is 12.6. The number of unbranched alkanes of at least 4 members (excludes halogenated alkanes) is 15. The van der Waals surface area contributed by atoms with Crippen LogP contribution in [0.4, 0.5) is 0 Å². The molecule has 0 rings (SSSR count). The highest BCUT2D eigenvalue weighted by atomic mass is 31.2. The molecule has 0 saturated heterocycles. The maximum Gasteiger partial charge on any atom is 0.472 e. The Balaban J connectivity index is 5.07. The van der Waals surface area contributed by atoms with E-state index in [2.05, 4.69) is 13.8 Å². The van der Waals surface area contributed by atoms with Crippen molar-refractivity contribution in [1.82, 2.24) is 0 Å². The number of carbonyl (C=O) groups excluding carboxylic acids is 4. The average molecular weight is 891 g/mol. The van der Waals surface area contributed by atoms with Gasteiger partial charge in [-0.1, -0.05) is 124 Å². The first-order valence-corrected chi connectivity index (χ1v) is 24.8. The Morgan fingerprint density at radius 2 is 0.678 bits per heavy atom. The van der Waals surface area contributed by atoms with E-state index in [0.29, 0.717) is 25.7 Å². The van der Waals surface area contributed by atoms with Crippen LogP contribution in [0.15, 0.2) is 0 Å². The second-order valence-electron chi connectivity index (χ2n) is 14.7. The Labute approximate surface area is 352 Å². The first kappa shape index (κ1) is 57.1. The third-order valence-corrected chi connectivity index (χ3v) is 10.8. The lowest BCUT2D eigenvalue weighted by atomic mass is 10.1. The van der Waals surface area contributed by atoms with E-state index in [9.17, 15) is 43.2 Å². The molecule has 348 valence electrons. The summed E-state index contributed by atoms with van der Waals surface area (Å²) in [6, 6.07) is 0. The quantitative estimate of drug-likeness (QED) is 0.0225. The summed E-state index contributed by atoms with van der Waals surface area (Å²) in [4.78, 5) is 69.8. The Bertz CT molecular complexity index is 1200. The van der Waals surface area contributed by atoms with Crippen molar-refractivity contribution in [1.29, 1.82) is 0 Å². The molecule has 0 aliphatic carbocycles. The minimum absolute atomic E-state index is 0.0939. The van der Waals surface area contributed by atoms with E-state index >= 15 is 0 Å². The zero-order valence-electron chi connectivity index (χ0n) is 36.2. The number of rotatable bonds is 41.